The number of fused-ring (bicyclic) bond motifs is 1. The molecule has 9 heteroatoms. The number of nitrogens with zero attached hydrogens (tertiary/aromatic N) is 2. The molecule has 0 bridgehead atoms. The number of rotatable bonds is 6. The highest BCUT2D eigenvalue weighted by molar-refractivity contribution is 7.15. The van der Waals surface area contributed by atoms with Crippen LogP contribution in [0.15, 0.2) is 47.0 Å². The minimum atomic E-state index is -0.368. The van der Waals surface area contributed by atoms with E-state index in [2.05, 4.69) is 20.8 Å². The second-order valence-electron chi connectivity index (χ2n) is 8.26. The van der Waals surface area contributed by atoms with Crippen LogP contribution in [0, 0.1) is 13.8 Å². The van der Waals surface area contributed by atoms with Crippen LogP contribution in [0.25, 0.3) is 21.7 Å². The van der Waals surface area contributed by atoms with E-state index in [1.54, 1.807) is 48.6 Å². The summed E-state index contributed by atoms with van der Waals surface area (Å²) in [5.41, 5.74) is 2.70. The zero-order valence-corrected chi connectivity index (χ0v) is 19.7. The number of ether oxygens (including phenoxy) is 1. The van der Waals surface area contributed by atoms with E-state index in [4.69, 9.17) is 9.26 Å². The Morgan fingerprint density at radius 2 is 1.97 bits per heavy atom. The maximum Gasteiger partial charge on any atom is 0.259 e. The second kappa shape index (κ2) is 9.36. The fraction of sp³-hybridized carbons (Fsp3) is 0.280. The number of amides is 2. The molecule has 2 amide bonds. The Morgan fingerprint density at radius 1 is 1.12 bits per heavy atom. The highest BCUT2D eigenvalue weighted by atomic mass is 32.1. The summed E-state index contributed by atoms with van der Waals surface area (Å²) < 4.78 is 11.0. The molecule has 2 N–H and O–H groups in total. The summed E-state index contributed by atoms with van der Waals surface area (Å²) in [5.74, 6) is -0.630. The van der Waals surface area contributed by atoms with Crippen molar-refractivity contribution in [3.63, 3.8) is 0 Å². The molecule has 1 fully saturated rings. The van der Waals surface area contributed by atoms with Crippen molar-refractivity contribution in [2.45, 2.75) is 32.8 Å². The zero-order chi connectivity index (χ0) is 23.7. The van der Waals surface area contributed by atoms with Gasteiger partial charge in [-0.1, -0.05) is 17.3 Å². The van der Waals surface area contributed by atoms with Gasteiger partial charge < -0.3 is 19.9 Å². The SMILES string of the molecule is Cc1ccc(-c2cc(C(=O)Nc3ccccc3C(=O)NCC3CCCO3)c3c(C)noc3n2)s1. The molecule has 5 rings (SSSR count). The number of aromatic nitrogens is 2. The molecule has 1 unspecified atom stereocenters. The van der Waals surface area contributed by atoms with E-state index < -0.39 is 0 Å². The molecule has 0 aliphatic carbocycles. The van der Waals surface area contributed by atoms with Crippen molar-refractivity contribution in [3.05, 3.63) is 64.2 Å². The van der Waals surface area contributed by atoms with Gasteiger partial charge in [-0.25, -0.2) is 4.98 Å². The molecule has 1 saturated heterocycles. The van der Waals surface area contributed by atoms with Crippen molar-refractivity contribution in [1.29, 1.82) is 0 Å². The first-order valence-electron chi connectivity index (χ1n) is 11.1. The molecule has 3 aromatic heterocycles. The summed E-state index contributed by atoms with van der Waals surface area (Å²) in [5, 5.41) is 10.4. The van der Waals surface area contributed by atoms with Crippen molar-refractivity contribution in [2.24, 2.45) is 0 Å². The summed E-state index contributed by atoms with van der Waals surface area (Å²) >= 11 is 1.58. The van der Waals surface area contributed by atoms with Crippen LogP contribution >= 0.6 is 11.3 Å². The number of carbonyl (C=O) groups excluding carboxylic acids is 2. The average Bonchev–Trinajstić information content (AvgIpc) is 3.59. The number of benzene rings is 1. The van der Waals surface area contributed by atoms with Gasteiger partial charge in [-0.15, -0.1) is 11.3 Å². The molecule has 0 spiro atoms. The number of para-hydroxylation sites is 1. The lowest BCUT2D eigenvalue weighted by Crippen LogP contribution is -2.32. The highest BCUT2D eigenvalue weighted by Gasteiger charge is 2.22. The lowest BCUT2D eigenvalue weighted by Gasteiger charge is -2.14. The maximum absolute atomic E-state index is 13.5. The lowest BCUT2D eigenvalue weighted by molar-refractivity contribution is 0.0858. The number of hydrogen-bond acceptors (Lipinski definition) is 7. The van der Waals surface area contributed by atoms with E-state index in [9.17, 15) is 9.59 Å². The molecule has 1 aliphatic heterocycles. The van der Waals surface area contributed by atoms with Crippen LogP contribution in [0.1, 0.15) is 44.1 Å². The van der Waals surface area contributed by atoms with Crippen LogP contribution < -0.4 is 10.6 Å². The molecule has 174 valence electrons. The smallest absolute Gasteiger partial charge is 0.259 e. The fourth-order valence-electron chi connectivity index (χ4n) is 4.06. The Morgan fingerprint density at radius 3 is 2.74 bits per heavy atom. The third kappa shape index (κ3) is 4.44. The van der Waals surface area contributed by atoms with Crippen molar-refractivity contribution >= 4 is 39.9 Å². The Bertz CT molecular complexity index is 1370. The van der Waals surface area contributed by atoms with Crippen LogP contribution in [0.4, 0.5) is 5.69 Å². The number of hydrogen-bond donors (Lipinski definition) is 2. The predicted molar refractivity (Wildman–Crippen MR) is 130 cm³/mol. The Hall–Kier alpha value is -3.56. The molecule has 0 radical (unpaired) electrons. The number of aryl methyl sites for hydroxylation is 2. The van der Waals surface area contributed by atoms with Gasteiger partial charge in [0.25, 0.3) is 17.5 Å². The summed E-state index contributed by atoms with van der Waals surface area (Å²) in [6.45, 7) is 4.95. The van der Waals surface area contributed by atoms with E-state index in [0.717, 1.165) is 29.2 Å². The van der Waals surface area contributed by atoms with Crippen LogP contribution in [0.5, 0.6) is 0 Å². The molecule has 4 aromatic rings. The third-order valence-electron chi connectivity index (χ3n) is 5.79. The number of nitrogens with one attached hydrogen (secondary N) is 2. The molecule has 4 heterocycles. The van der Waals surface area contributed by atoms with Crippen molar-refractivity contribution in [3.8, 4) is 10.6 Å². The third-order valence-corrected chi connectivity index (χ3v) is 6.81. The van der Waals surface area contributed by atoms with Gasteiger partial charge in [-0.2, -0.15) is 0 Å². The van der Waals surface area contributed by atoms with Gasteiger partial charge in [0.05, 0.1) is 44.6 Å². The molecular formula is C25H24N4O4S. The predicted octanol–water partition coefficient (Wildman–Crippen LogP) is 4.73. The second-order valence-corrected chi connectivity index (χ2v) is 9.55. The van der Waals surface area contributed by atoms with Gasteiger partial charge >= 0.3 is 0 Å². The first kappa shape index (κ1) is 22.2. The van der Waals surface area contributed by atoms with Crippen LogP contribution in [0.2, 0.25) is 0 Å². The van der Waals surface area contributed by atoms with Crippen LogP contribution in [0.3, 0.4) is 0 Å². The van der Waals surface area contributed by atoms with Crippen molar-refractivity contribution < 1.29 is 18.8 Å². The summed E-state index contributed by atoms with van der Waals surface area (Å²) in [6.07, 6.45) is 1.97. The Balaban J connectivity index is 1.44. The first-order chi connectivity index (χ1) is 16.5. The minimum Gasteiger partial charge on any atom is -0.376 e. The number of carbonyl (C=O) groups is 2. The fourth-order valence-corrected chi connectivity index (χ4v) is 4.89. The minimum absolute atomic E-state index is 0.0340. The van der Waals surface area contributed by atoms with E-state index in [1.807, 2.05) is 19.1 Å². The van der Waals surface area contributed by atoms with Crippen molar-refractivity contribution in [1.82, 2.24) is 15.5 Å². The van der Waals surface area contributed by atoms with Crippen LogP contribution in [-0.4, -0.2) is 41.2 Å². The molecular weight excluding hydrogens is 452 g/mol. The van der Waals surface area contributed by atoms with Crippen LogP contribution in [-0.2, 0) is 4.74 Å². The summed E-state index contributed by atoms with van der Waals surface area (Å²) in [7, 11) is 0. The molecule has 0 saturated carbocycles. The highest BCUT2D eigenvalue weighted by Crippen LogP contribution is 2.31. The monoisotopic (exact) mass is 476 g/mol. The van der Waals surface area contributed by atoms with Crippen molar-refractivity contribution in [2.75, 3.05) is 18.5 Å². The van der Waals surface area contributed by atoms with Gasteiger partial charge in [-0.05, 0) is 57.0 Å². The molecule has 1 aromatic carbocycles. The van der Waals surface area contributed by atoms with E-state index in [0.29, 0.717) is 45.8 Å². The van der Waals surface area contributed by atoms with E-state index >= 15 is 0 Å². The summed E-state index contributed by atoms with van der Waals surface area (Å²) in [6, 6.07) is 12.7. The van der Waals surface area contributed by atoms with Gasteiger partial charge in [0.15, 0.2) is 0 Å². The molecule has 1 atom stereocenters. The maximum atomic E-state index is 13.5. The largest absolute Gasteiger partial charge is 0.376 e. The van der Waals surface area contributed by atoms with E-state index in [-0.39, 0.29) is 17.9 Å². The number of pyridine rings is 1. The van der Waals surface area contributed by atoms with Gasteiger partial charge in [-0.3, -0.25) is 9.59 Å². The van der Waals surface area contributed by atoms with Gasteiger partial charge in [0.1, 0.15) is 0 Å². The quantitative estimate of drug-likeness (QED) is 0.417. The zero-order valence-electron chi connectivity index (χ0n) is 18.9. The van der Waals surface area contributed by atoms with Gasteiger partial charge in [0, 0.05) is 18.0 Å². The normalized spacial score (nSPS) is 15.5. The van der Waals surface area contributed by atoms with Gasteiger partial charge in [0.2, 0.25) is 0 Å². The number of anilines is 1. The first-order valence-corrected chi connectivity index (χ1v) is 12.0. The average molecular weight is 477 g/mol. The Labute approximate surface area is 200 Å². The standard InChI is InChI=1S/C25H24N4O4S/c1-14-9-10-21(34-14)20-12-18(22-15(2)29-33-25(22)28-20)24(31)27-19-8-4-3-7-17(19)23(30)26-13-16-6-5-11-32-16/h3-4,7-10,12,16H,5-6,11,13H2,1-2H3,(H,26,30)(H,27,31). The molecule has 8 nitrogen and oxygen atoms in total. The molecule has 34 heavy (non-hydrogen) atoms. The topological polar surface area (TPSA) is 106 Å². The van der Waals surface area contributed by atoms with E-state index in [1.165, 1.54) is 0 Å². The Kier molecular flexibility index (Phi) is 6.12. The summed E-state index contributed by atoms with van der Waals surface area (Å²) in [4.78, 5) is 32.9. The lowest BCUT2D eigenvalue weighted by atomic mass is 10.1. The number of thiophene rings is 1. The molecule has 1 aliphatic rings.